The van der Waals surface area contributed by atoms with Gasteiger partial charge >= 0.3 is 6.18 Å². The number of aromatic nitrogens is 3. The number of benzene rings is 1. The monoisotopic (exact) mass is 420 g/mol. The summed E-state index contributed by atoms with van der Waals surface area (Å²) in [6.07, 6.45) is -4.23. The quantitative estimate of drug-likeness (QED) is 0.702. The molecule has 1 aliphatic rings. The standard InChI is InChI=1S/C21H23F3N4O2/c1-13-10-19(27-6-8-30-9-7-27)26-28-18(17(12-29)25-20(13)28)11-15-4-3-5-16(14(15)2)21(22,23)24/h3-5,10,29H,6-9,11-12H2,1-2H3. The fourth-order valence-corrected chi connectivity index (χ4v) is 3.86. The van der Waals surface area contributed by atoms with Crippen molar-refractivity contribution >= 4 is 11.5 Å². The Labute approximate surface area is 171 Å². The minimum Gasteiger partial charge on any atom is -0.390 e. The summed E-state index contributed by atoms with van der Waals surface area (Å²) in [6, 6.07) is 6.10. The minimum absolute atomic E-state index is 0.171. The number of anilines is 1. The molecule has 2 aromatic heterocycles. The second kappa shape index (κ2) is 7.88. The lowest BCUT2D eigenvalue weighted by Gasteiger charge is -2.28. The molecule has 0 aliphatic carbocycles. The van der Waals surface area contributed by atoms with Crippen LogP contribution >= 0.6 is 0 Å². The van der Waals surface area contributed by atoms with Crippen molar-refractivity contribution in [1.29, 1.82) is 0 Å². The van der Waals surface area contributed by atoms with Gasteiger partial charge in [0.25, 0.3) is 0 Å². The molecule has 1 aliphatic heterocycles. The van der Waals surface area contributed by atoms with E-state index in [1.165, 1.54) is 13.0 Å². The molecule has 1 aromatic carbocycles. The molecule has 0 bridgehead atoms. The largest absolute Gasteiger partial charge is 0.416 e. The van der Waals surface area contributed by atoms with Crippen molar-refractivity contribution in [3.63, 3.8) is 0 Å². The highest BCUT2D eigenvalue weighted by Gasteiger charge is 2.33. The molecule has 3 heterocycles. The average Bonchev–Trinajstić information content (AvgIpc) is 3.07. The number of aliphatic hydroxyl groups is 1. The molecule has 0 unspecified atom stereocenters. The number of aliphatic hydroxyl groups excluding tert-OH is 1. The zero-order chi connectivity index (χ0) is 21.5. The molecule has 0 atom stereocenters. The van der Waals surface area contributed by atoms with Gasteiger partial charge in [-0.3, -0.25) is 0 Å². The number of rotatable bonds is 4. The van der Waals surface area contributed by atoms with E-state index in [1.54, 1.807) is 10.6 Å². The van der Waals surface area contributed by atoms with Crippen molar-refractivity contribution in [2.75, 3.05) is 31.2 Å². The lowest BCUT2D eigenvalue weighted by molar-refractivity contribution is -0.138. The Morgan fingerprint density at radius 2 is 1.90 bits per heavy atom. The topological polar surface area (TPSA) is 62.9 Å². The molecule has 1 N–H and O–H groups in total. The van der Waals surface area contributed by atoms with Gasteiger partial charge in [-0.1, -0.05) is 12.1 Å². The summed E-state index contributed by atoms with van der Waals surface area (Å²) in [5, 5.41) is 14.6. The van der Waals surface area contributed by atoms with E-state index in [4.69, 9.17) is 9.84 Å². The Morgan fingerprint density at radius 1 is 1.17 bits per heavy atom. The highest BCUT2D eigenvalue weighted by Crippen LogP contribution is 2.34. The summed E-state index contributed by atoms with van der Waals surface area (Å²) >= 11 is 0. The molecule has 9 heteroatoms. The second-order valence-electron chi connectivity index (χ2n) is 7.45. The third-order valence-electron chi connectivity index (χ3n) is 5.53. The lowest BCUT2D eigenvalue weighted by atomic mass is 9.98. The molecule has 4 rings (SSSR count). The van der Waals surface area contributed by atoms with Crippen LogP contribution in [0.3, 0.4) is 0 Å². The zero-order valence-electron chi connectivity index (χ0n) is 16.8. The van der Waals surface area contributed by atoms with Gasteiger partial charge in [0.15, 0.2) is 5.65 Å². The molecule has 30 heavy (non-hydrogen) atoms. The smallest absolute Gasteiger partial charge is 0.390 e. The predicted octanol–water partition coefficient (Wildman–Crippen LogP) is 3.28. The van der Waals surface area contributed by atoms with Crippen LogP contribution in [0.5, 0.6) is 0 Å². The van der Waals surface area contributed by atoms with Gasteiger partial charge in [0, 0.05) is 19.5 Å². The predicted molar refractivity (Wildman–Crippen MR) is 106 cm³/mol. The SMILES string of the molecule is Cc1c(Cc2c(CO)nc3c(C)cc(N4CCOCC4)nn23)cccc1C(F)(F)F. The number of alkyl halides is 3. The van der Waals surface area contributed by atoms with Crippen LogP contribution in [0.1, 0.15) is 33.6 Å². The maximum absolute atomic E-state index is 13.3. The van der Waals surface area contributed by atoms with Gasteiger partial charge in [-0.05, 0) is 42.7 Å². The van der Waals surface area contributed by atoms with Gasteiger partial charge in [0.2, 0.25) is 0 Å². The van der Waals surface area contributed by atoms with Crippen molar-refractivity contribution in [3.8, 4) is 0 Å². The number of imidazole rings is 1. The number of hydrogen-bond donors (Lipinski definition) is 1. The molecule has 3 aromatic rings. The van der Waals surface area contributed by atoms with E-state index in [2.05, 4.69) is 9.88 Å². The van der Waals surface area contributed by atoms with Gasteiger partial charge in [-0.25, -0.2) is 9.50 Å². The van der Waals surface area contributed by atoms with Gasteiger partial charge < -0.3 is 14.7 Å². The molecule has 1 saturated heterocycles. The Hall–Kier alpha value is -2.65. The lowest BCUT2D eigenvalue weighted by Crippen LogP contribution is -2.37. The molecular weight excluding hydrogens is 397 g/mol. The third kappa shape index (κ3) is 3.75. The van der Waals surface area contributed by atoms with Crippen LogP contribution in [0.25, 0.3) is 5.65 Å². The summed E-state index contributed by atoms with van der Waals surface area (Å²) in [7, 11) is 0. The maximum atomic E-state index is 13.3. The van der Waals surface area contributed by atoms with Crippen LogP contribution in [0, 0.1) is 13.8 Å². The number of aryl methyl sites for hydroxylation is 1. The number of hydrogen-bond acceptors (Lipinski definition) is 5. The molecule has 0 radical (unpaired) electrons. The zero-order valence-corrected chi connectivity index (χ0v) is 16.8. The fourth-order valence-electron chi connectivity index (χ4n) is 3.86. The van der Waals surface area contributed by atoms with Crippen molar-refractivity contribution in [1.82, 2.24) is 14.6 Å². The van der Waals surface area contributed by atoms with Crippen LogP contribution in [-0.2, 0) is 23.9 Å². The van der Waals surface area contributed by atoms with E-state index in [0.29, 0.717) is 48.9 Å². The van der Waals surface area contributed by atoms with Gasteiger partial charge in [-0.15, -0.1) is 5.10 Å². The molecule has 0 spiro atoms. The van der Waals surface area contributed by atoms with Crippen LogP contribution in [0.15, 0.2) is 24.3 Å². The Balaban J connectivity index is 1.81. The van der Waals surface area contributed by atoms with Gasteiger partial charge in [0.05, 0.1) is 36.8 Å². The van der Waals surface area contributed by atoms with E-state index in [0.717, 1.165) is 17.4 Å². The van der Waals surface area contributed by atoms with E-state index < -0.39 is 11.7 Å². The Bertz CT molecular complexity index is 1070. The van der Waals surface area contributed by atoms with Crippen LogP contribution in [0.4, 0.5) is 19.0 Å². The van der Waals surface area contributed by atoms with Gasteiger partial charge in [0.1, 0.15) is 5.82 Å². The summed E-state index contributed by atoms with van der Waals surface area (Å²) in [5.74, 6) is 0.757. The maximum Gasteiger partial charge on any atom is 0.416 e. The number of ether oxygens (including phenoxy) is 1. The number of nitrogens with zero attached hydrogens (tertiary/aromatic N) is 4. The number of morpholine rings is 1. The summed E-state index contributed by atoms with van der Waals surface area (Å²) in [6.45, 7) is 5.71. The van der Waals surface area contributed by atoms with E-state index in [9.17, 15) is 18.3 Å². The second-order valence-corrected chi connectivity index (χ2v) is 7.45. The first-order valence-corrected chi connectivity index (χ1v) is 9.77. The van der Waals surface area contributed by atoms with Crippen molar-refractivity contribution < 1.29 is 23.0 Å². The first-order valence-electron chi connectivity index (χ1n) is 9.77. The molecule has 6 nitrogen and oxygen atoms in total. The molecule has 1 fully saturated rings. The van der Waals surface area contributed by atoms with Crippen LogP contribution in [-0.4, -0.2) is 46.0 Å². The normalized spacial score (nSPS) is 15.2. The molecule has 160 valence electrons. The van der Waals surface area contributed by atoms with Gasteiger partial charge in [-0.2, -0.15) is 13.2 Å². The number of fused-ring (bicyclic) bond motifs is 1. The summed E-state index contributed by atoms with van der Waals surface area (Å²) < 4.78 is 47.1. The third-order valence-corrected chi connectivity index (χ3v) is 5.53. The van der Waals surface area contributed by atoms with E-state index in [-0.39, 0.29) is 18.6 Å². The van der Waals surface area contributed by atoms with E-state index >= 15 is 0 Å². The molecular formula is C21H23F3N4O2. The highest BCUT2D eigenvalue weighted by atomic mass is 19.4. The molecule has 0 saturated carbocycles. The van der Waals surface area contributed by atoms with Crippen molar-refractivity contribution in [2.45, 2.75) is 33.1 Å². The highest BCUT2D eigenvalue weighted by molar-refractivity contribution is 5.56. The summed E-state index contributed by atoms with van der Waals surface area (Å²) in [5.41, 5.74) is 2.53. The minimum atomic E-state index is -4.42. The van der Waals surface area contributed by atoms with Crippen molar-refractivity contribution in [2.24, 2.45) is 0 Å². The Morgan fingerprint density at radius 3 is 2.57 bits per heavy atom. The first kappa shape index (κ1) is 20.6. The summed E-state index contributed by atoms with van der Waals surface area (Å²) in [4.78, 5) is 6.60. The first-order chi connectivity index (χ1) is 14.3. The van der Waals surface area contributed by atoms with Crippen molar-refractivity contribution in [3.05, 3.63) is 57.9 Å². The van der Waals surface area contributed by atoms with Crippen LogP contribution < -0.4 is 4.90 Å². The molecule has 0 amide bonds. The fraction of sp³-hybridized carbons (Fsp3) is 0.429. The average molecular weight is 420 g/mol. The van der Waals surface area contributed by atoms with Crippen LogP contribution in [0.2, 0.25) is 0 Å². The number of halogens is 3. The Kier molecular flexibility index (Phi) is 5.42. The van der Waals surface area contributed by atoms with E-state index in [1.807, 2.05) is 13.0 Å².